The van der Waals surface area contributed by atoms with Gasteiger partial charge in [-0.2, -0.15) is 0 Å². The van der Waals surface area contributed by atoms with Crippen LogP contribution in [0.2, 0.25) is 25.7 Å². The van der Waals surface area contributed by atoms with Crippen molar-refractivity contribution in [1.82, 2.24) is 0 Å². The van der Waals surface area contributed by atoms with Crippen LogP contribution in [0.5, 0.6) is 0 Å². The summed E-state index contributed by atoms with van der Waals surface area (Å²) in [7, 11) is -0.866. The number of esters is 1. The number of carbonyl (C=O) groups excluding carboxylic acids is 1. The Kier molecular flexibility index (Phi) is 8.55. The van der Waals surface area contributed by atoms with Crippen LogP contribution in [0.25, 0.3) is 21.6 Å². The smallest absolute Gasteiger partial charge is 0.307 e. The number of rotatable bonds is 9. The molecule has 8 heteroatoms. The summed E-state index contributed by atoms with van der Waals surface area (Å²) in [5.74, 6) is -0.364. The SMILES string of the molecule is CN(C)c1ccc(-c2ccc(-c3ccc([C@]4(OC(=O)CCC[Si](C)(C)C)CCCCS4(=O)=O)s3)cc2)cc1. The van der Waals surface area contributed by atoms with Gasteiger partial charge >= 0.3 is 5.97 Å². The van der Waals surface area contributed by atoms with Crippen LogP contribution in [0.1, 0.15) is 37.0 Å². The van der Waals surface area contributed by atoms with Gasteiger partial charge in [0.25, 0.3) is 0 Å². The number of thiophene rings is 1. The van der Waals surface area contributed by atoms with E-state index >= 15 is 0 Å². The third-order valence-electron chi connectivity index (χ3n) is 7.13. The highest BCUT2D eigenvalue weighted by atomic mass is 32.2. The Morgan fingerprint density at radius 1 is 0.921 bits per heavy atom. The molecule has 0 saturated carbocycles. The molecule has 0 unspecified atom stereocenters. The summed E-state index contributed by atoms with van der Waals surface area (Å²) in [5, 5.41) is 0. The zero-order valence-electron chi connectivity index (χ0n) is 23.1. The van der Waals surface area contributed by atoms with Gasteiger partial charge in [0.1, 0.15) is 0 Å². The van der Waals surface area contributed by atoms with Crippen molar-refractivity contribution in [1.29, 1.82) is 0 Å². The van der Waals surface area contributed by atoms with Gasteiger partial charge in [-0.3, -0.25) is 4.79 Å². The molecule has 2 aromatic carbocycles. The van der Waals surface area contributed by atoms with Crippen molar-refractivity contribution in [2.45, 2.75) is 62.7 Å². The first-order chi connectivity index (χ1) is 17.9. The Labute approximate surface area is 232 Å². The van der Waals surface area contributed by atoms with E-state index in [0.717, 1.165) is 46.1 Å². The van der Waals surface area contributed by atoms with Gasteiger partial charge in [-0.1, -0.05) is 62.1 Å². The lowest BCUT2D eigenvalue weighted by atomic mass is 10.0. The zero-order valence-corrected chi connectivity index (χ0v) is 25.8. The molecule has 1 aromatic heterocycles. The van der Waals surface area contributed by atoms with Gasteiger partial charge < -0.3 is 9.64 Å². The van der Waals surface area contributed by atoms with Gasteiger partial charge in [0.2, 0.25) is 4.93 Å². The van der Waals surface area contributed by atoms with Crippen LogP contribution in [0, 0.1) is 0 Å². The van der Waals surface area contributed by atoms with E-state index < -0.39 is 28.8 Å². The Morgan fingerprint density at radius 3 is 2.11 bits per heavy atom. The van der Waals surface area contributed by atoms with Crippen LogP contribution < -0.4 is 4.90 Å². The molecule has 0 radical (unpaired) electrons. The molecule has 0 aliphatic carbocycles. The van der Waals surface area contributed by atoms with E-state index in [1.54, 1.807) is 0 Å². The molecule has 3 aromatic rings. The second kappa shape index (κ2) is 11.4. The highest BCUT2D eigenvalue weighted by Gasteiger charge is 2.51. The number of ether oxygens (including phenoxy) is 1. The highest BCUT2D eigenvalue weighted by molar-refractivity contribution is 7.92. The number of benzene rings is 2. The van der Waals surface area contributed by atoms with Crippen LogP contribution in [0.4, 0.5) is 5.69 Å². The van der Waals surface area contributed by atoms with Crippen molar-refractivity contribution in [3.05, 3.63) is 65.5 Å². The van der Waals surface area contributed by atoms with Crippen molar-refractivity contribution in [3.63, 3.8) is 0 Å². The maximum absolute atomic E-state index is 13.4. The topological polar surface area (TPSA) is 63.7 Å². The monoisotopic (exact) mass is 569 g/mol. The fourth-order valence-corrected chi connectivity index (χ4v) is 9.66. The predicted octanol–water partition coefficient (Wildman–Crippen LogP) is 7.56. The quantitative estimate of drug-likeness (QED) is 0.197. The van der Waals surface area contributed by atoms with Gasteiger partial charge in [-0.05, 0) is 60.2 Å². The van der Waals surface area contributed by atoms with E-state index in [0.29, 0.717) is 17.7 Å². The summed E-state index contributed by atoms with van der Waals surface area (Å²) in [5.41, 5.74) is 4.43. The standard InChI is InChI=1S/C30H39NO4S2Si/c1-31(2)26-16-14-24(15-17-26)23-10-12-25(13-11-23)27-18-19-28(36-27)30(20-6-7-21-37(30,33)34)35-29(32)9-8-22-38(3,4)5/h10-19H,6-9,20-22H2,1-5H3/t30-/m0/s1. The van der Waals surface area contributed by atoms with Crippen molar-refractivity contribution in [2.24, 2.45) is 0 Å². The lowest BCUT2D eigenvalue weighted by Crippen LogP contribution is -2.44. The molecule has 38 heavy (non-hydrogen) atoms. The summed E-state index contributed by atoms with van der Waals surface area (Å²) >= 11 is 1.42. The molecule has 0 spiro atoms. The molecule has 1 saturated heterocycles. The van der Waals surface area contributed by atoms with Crippen molar-refractivity contribution >= 4 is 40.9 Å². The normalized spacial score (nSPS) is 19.2. The van der Waals surface area contributed by atoms with Gasteiger partial charge in [0, 0.05) is 45.6 Å². The van der Waals surface area contributed by atoms with Crippen LogP contribution in [-0.2, 0) is 24.3 Å². The number of hydrogen-bond donors (Lipinski definition) is 0. The molecule has 4 rings (SSSR count). The maximum Gasteiger partial charge on any atom is 0.307 e. The number of hydrogen-bond acceptors (Lipinski definition) is 6. The van der Waals surface area contributed by atoms with Gasteiger partial charge in [0.15, 0.2) is 9.84 Å². The number of nitrogens with zero attached hydrogens (tertiary/aromatic N) is 1. The number of sulfone groups is 1. The molecule has 1 aliphatic rings. The van der Waals surface area contributed by atoms with E-state index in [1.807, 2.05) is 26.2 Å². The highest BCUT2D eigenvalue weighted by Crippen LogP contribution is 2.46. The van der Waals surface area contributed by atoms with Crippen LogP contribution in [-0.4, -0.2) is 42.3 Å². The zero-order chi connectivity index (χ0) is 27.6. The Bertz CT molecular complexity index is 1360. The van der Waals surface area contributed by atoms with E-state index in [2.05, 4.69) is 73.1 Å². The third-order valence-corrected chi connectivity index (χ3v) is 12.7. The van der Waals surface area contributed by atoms with E-state index in [4.69, 9.17) is 4.74 Å². The Morgan fingerprint density at radius 2 is 1.53 bits per heavy atom. The van der Waals surface area contributed by atoms with Gasteiger partial charge in [-0.15, -0.1) is 11.3 Å². The fraction of sp³-hybridized carbons (Fsp3) is 0.433. The van der Waals surface area contributed by atoms with E-state index in [1.165, 1.54) is 11.3 Å². The van der Waals surface area contributed by atoms with Gasteiger partial charge in [-0.25, -0.2) is 8.42 Å². The summed E-state index contributed by atoms with van der Waals surface area (Å²) in [4.78, 5) is 15.0. The molecule has 5 nitrogen and oxygen atoms in total. The molecule has 0 N–H and O–H groups in total. The van der Waals surface area contributed by atoms with Crippen LogP contribution in [0.3, 0.4) is 0 Å². The summed E-state index contributed by atoms with van der Waals surface area (Å²) in [6, 6.07) is 21.5. The maximum atomic E-state index is 13.4. The van der Waals surface area contributed by atoms with Crippen molar-refractivity contribution in [2.75, 3.05) is 24.7 Å². The number of carbonyl (C=O) groups is 1. The summed E-state index contributed by atoms with van der Waals surface area (Å²) in [6.07, 6.45) is 2.64. The van der Waals surface area contributed by atoms with Crippen LogP contribution in [0.15, 0.2) is 60.7 Å². The van der Waals surface area contributed by atoms with E-state index in [9.17, 15) is 13.2 Å². The minimum absolute atomic E-state index is 0.0454. The molecular formula is C30H39NO4S2Si. The second-order valence-corrected chi connectivity index (χ2v) is 20.6. The molecular weight excluding hydrogens is 531 g/mol. The Hall–Kier alpha value is -2.42. The molecule has 0 bridgehead atoms. The van der Waals surface area contributed by atoms with Crippen molar-refractivity contribution < 1.29 is 17.9 Å². The van der Waals surface area contributed by atoms with Crippen molar-refractivity contribution in [3.8, 4) is 21.6 Å². The minimum atomic E-state index is -3.64. The Balaban J connectivity index is 1.57. The molecule has 2 heterocycles. The first-order valence-electron chi connectivity index (χ1n) is 13.3. The average Bonchev–Trinajstić information content (AvgIpc) is 3.35. The fourth-order valence-electron chi connectivity index (χ4n) is 4.89. The van der Waals surface area contributed by atoms with E-state index in [-0.39, 0.29) is 12.2 Å². The van der Waals surface area contributed by atoms with Gasteiger partial charge in [0.05, 0.1) is 10.6 Å². The minimum Gasteiger partial charge on any atom is -0.437 e. The molecule has 204 valence electrons. The molecule has 0 amide bonds. The molecule has 1 atom stereocenters. The summed E-state index contributed by atoms with van der Waals surface area (Å²) < 4.78 is 32.8. The lowest BCUT2D eigenvalue weighted by Gasteiger charge is -2.35. The number of anilines is 1. The summed E-state index contributed by atoms with van der Waals surface area (Å²) in [6.45, 7) is 6.81. The average molecular weight is 570 g/mol. The van der Waals surface area contributed by atoms with Crippen LogP contribution >= 0.6 is 11.3 Å². The lowest BCUT2D eigenvalue weighted by molar-refractivity contribution is -0.153. The molecule has 1 aliphatic heterocycles. The first-order valence-corrected chi connectivity index (χ1v) is 19.5. The first kappa shape index (κ1) is 28.6. The molecule has 1 fully saturated rings. The predicted molar refractivity (Wildman–Crippen MR) is 162 cm³/mol. The largest absolute Gasteiger partial charge is 0.437 e. The third kappa shape index (κ3) is 6.41. The second-order valence-electron chi connectivity index (χ2n) is 11.6.